The van der Waals surface area contributed by atoms with Crippen molar-refractivity contribution in [3.8, 4) is 0 Å². The first kappa shape index (κ1) is 7.63. The van der Waals surface area contributed by atoms with Gasteiger partial charge in [0.2, 0.25) is 0 Å². The van der Waals surface area contributed by atoms with E-state index in [4.69, 9.17) is 5.11 Å². The molecule has 0 saturated heterocycles. The molecule has 0 spiro atoms. The van der Waals surface area contributed by atoms with E-state index in [2.05, 4.69) is 0 Å². The van der Waals surface area contributed by atoms with Crippen LogP contribution in [0.15, 0.2) is 0 Å². The molecule has 0 rings (SSSR count). The van der Waals surface area contributed by atoms with E-state index in [1.807, 2.05) is 0 Å². The average molecular weight is 116 g/mol. The number of carbonyl (C=O) groups is 1. The van der Waals surface area contributed by atoms with Crippen molar-refractivity contribution in [2.75, 3.05) is 0 Å². The summed E-state index contributed by atoms with van der Waals surface area (Å²) >= 11 is 0. The maximum atomic E-state index is 9.99. The quantitative estimate of drug-likeness (QED) is 0.536. The Hall–Kier alpha value is -0.370. The van der Waals surface area contributed by atoms with Gasteiger partial charge in [0.1, 0.15) is 6.29 Å². The first-order valence-electron chi connectivity index (χ1n) is 2.66. The van der Waals surface area contributed by atoms with Crippen LogP contribution in [0.25, 0.3) is 0 Å². The summed E-state index contributed by atoms with van der Waals surface area (Å²) in [5.41, 5.74) is -0.859. The van der Waals surface area contributed by atoms with Crippen LogP contribution in [0.3, 0.4) is 0 Å². The fourth-order valence-electron chi connectivity index (χ4n) is 0.167. The minimum absolute atomic E-state index is 0.275. The predicted molar refractivity (Wildman–Crippen MR) is 31.5 cm³/mol. The van der Waals surface area contributed by atoms with Crippen LogP contribution in [0.2, 0.25) is 0 Å². The third-order valence-electron chi connectivity index (χ3n) is 1.32. The lowest BCUT2D eigenvalue weighted by Gasteiger charge is -2.19. The second-order valence-electron chi connectivity index (χ2n) is 2.58. The molecule has 0 saturated carbocycles. The van der Waals surface area contributed by atoms with Gasteiger partial charge in [0, 0.05) is 5.92 Å². The van der Waals surface area contributed by atoms with Crippen LogP contribution in [-0.2, 0) is 4.79 Å². The van der Waals surface area contributed by atoms with E-state index < -0.39 is 5.60 Å². The summed E-state index contributed by atoms with van der Waals surface area (Å²) in [6.45, 7) is 4.92. The smallest absolute Gasteiger partial charge is 0.125 e. The fraction of sp³-hybridized carbons (Fsp3) is 0.833. The number of carbonyl (C=O) groups excluding carboxylic acids is 1. The predicted octanol–water partition coefficient (Wildman–Crippen LogP) is 0.592. The van der Waals surface area contributed by atoms with Gasteiger partial charge in [-0.2, -0.15) is 0 Å². The summed E-state index contributed by atoms with van der Waals surface area (Å²) in [6, 6.07) is 0. The lowest BCUT2D eigenvalue weighted by molar-refractivity contribution is -0.116. The molecule has 2 heteroatoms. The standard InChI is InChI=1S/C6H12O2/c1-5(4-7)6(2,3)8/h4-5,8H,1-3H3. The van der Waals surface area contributed by atoms with Gasteiger partial charge in [-0.25, -0.2) is 0 Å². The molecule has 2 nitrogen and oxygen atoms in total. The van der Waals surface area contributed by atoms with Crippen LogP contribution in [0.5, 0.6) is 0 Å². The first-order chi connectivity index (χ1) is 3.48. The minimum atomic E-state index is -0.859. The third-order valence-corrected chi connectivity index (χ3v) is 1.32. The van der Waals surface area contributed by atoms with Crippen molar-refractivity contribution >= 4 is 6.29 Å². The van der Waals surface area contributed by atoms with Crippen LogP contribution in [0, 0.1) is 5.92 Å². The topological polar surface area (TPSA) is 37.3 Å². The van der Waals surface area contributed by atoms with Crippen molar-refractivity contribution in [3.05, 3.63) is 0 Å². The Morgan fingerprint density at radius 3 is 2.00 bits per heavy atom. The van der Waals surface area contributed by atoms with Crippen molar-refractivity contribution in [3.63, 3.8) is 0 Å². The van der Waals surface area contributed by atoms with E-state index in [-0.39, 0.29) is 5.92 Å². The van der Waals surface area contributed by atoms with Gasteiger partial charge in [-0.05, 0) is 13.8 Å². The van der Waals surface area contributed by atoms with Crippen molar-refractivity contribution in [2.45, 2.75) is 26.4 Å². The van der Waals surface area contributed by atoms with Gasteiger partial charge in [0.05, 0.1) is 5.60 Å². The fourth-order valence-corrected chi connectivity index (χ4v) is 0.167. The average Bonchev–Trinajstić information content (AvgIpc) is 1.62. The number of rotatable bonds is 2. The zero-order valence-electron chi connectivity index (χ0n) is 5.51. The van der Waals surface area contributed by atoms with E-state index >= 15 is 0 Å². The van der Waals surface area contributed by atoms with Crippen LogP contribution in [0.1, 0.15) is 20.8 Å². The highest BCUT2D eigenvalue weighted by Gasteiger charge is 2.20. The monoisotopic (exact) mass is 116 g/mol. The van der Waals surface area contributed by atoms with Crippen molar-refractivity contribution < 1.29 is 9.90 Å². The SMILES string of the molecule is CC(C=O)C(C)(C)O. The number of hydrogen-bond donors (Lipinski definition) is 1. The Morgan fingerprint density at radius 2 is 2.00 bits per heavy atom. The van der Waals surface area contributed by atoms with Crippen LogP contribution in [0.4, 0.5) is 0 Å². The summed E-state index contributed by atoms with van der Waals surface area (Å²) < 4.78 is 0. The zero-order chi connectivity index (χ0) is 6.78. The van der Waals surface area contributed by atoms with E-state index in [9.17, 15) is 4.79 Å². The molecular weight excluding hydrogens is 104 g/mol. The molecule has 0 radical (unpaired) electrons. The molecule has 0 aliphatic heterocycles. The molecule has 0 aliphatic carbocycles. The second kappa shape index (κ2) is 2.27. The normalized spacial score (nSPS) is 15.5. The van der Waals surface area contributed by atoms with Crippen LogP contribution < -0.4 is 0 Å². The van der Waals surface area contributed by atoms with Gasteiger partial charge < -0.3 is 9.90 Å². The zero-order valence-corrected chi connectivity index (χ0v) is 5.51. The van der Waals surface area contributed by atoms with Crippen molar-refractivity contribution in [1.82, 2.24) is 0 Å². The van der Waals surface area contributed by atoms with Crippen LogP contribution >= 0.6 is 0 Å². The highest BCUT2D eigenvalue weighted by molar-refractivity contribution is 5.54. The number of hydrogen-bond acceptors (Lipinski definition) is 2. The lowest BCUT2D eigenvalue weighted by Crippen LogP contribution is -2.29. The summed E-state index contributed by atoms with van der Waals surface area (Å²) in [4.78, 5) is 9.99. The minimum Gasteiger partial charge on any atom is -0.390 e. The Morgan fingerprint density at radius 1 is 1.62 bits per heavy atom. The van der Waals surface area contributed by atoms with Gasteiger partial charge in [-0.1, -0.05) is 6.92 Å². The Labute approximate surface area is 49.5 Å². The van der Waals surface area contributed by atoms with Gasteiger partial charge >= 0.3 is 0 Å². The molecule has 1 unspecified atom stereocenters. The maximum absolute atomic E-state index is 9.99. The molecule has 0 aliphatic rings. The van der Waals surface area contributed by atoms with Crippen molar-refractivity contribution in [2.24, 2.45) is 5.92 Å². The Balaban J connectivity index is 3.80. The second-order valence-corrected chi connectivity index (χ2v) is 2.58. The summed E-state index contributed by atoms with van der Waals surface area (Å²) in [7, 11) is 0. The molecule has 48 valence electrons. The molecule has 0 amide bonds. The highest BCUT2D eigenvalue weighted by Crippen LogP contribution is 2.11. The Kier molecular flexibility index (Phi) is 2.16. The van der Waals surface area contributed by atoms with Gasteiger partial charge in [-0.3, -0.25) is 0 Å². The van der Waals surface area contributed by atoms with E-state index in [1.54, 1.807) is 20.8 Å². The largest absolute Gasteiger partial charge is 0.390 e. The molecular formula is C6H12O2. The first-order valence-corrected chi connectivity index (χ1v) is 2.66. The molecule has 1 atom stereocenters. The maximum Gasteiger partial charge on any atom is 0.125 e. The van der Waals surface area contributed by atoms with Gasteiger partial charge in [0.15, 0.2) is 0 Å². The summed E-state index contributed by atoms with van der Waals surface area (Å²) in [6.07, 6.45) is 0.750. The van der Waals surface area contributed by atoms with E-state index in [0.29, 0.717) is 0 Å². The summed E-state index contributed by atoms with van der Waals surface area (Å²) in [5.74, 6) is -0.275. The molecule has 0 aromatic rings. The van der Waals surface area contributed by atoms with Crippen LogP contribution in [-0.4, -0.2) is 17.0 Å². The van der Waals surface area contributed by atoms with Crippen molar-refractivity contribution in [1.29, 1.82) is 0 Å². The molecule has 8 heavy (non-hydrogen) atoms. The molecule has 0 aromatic heterocycles. The molecule has 0 heterocycles. The molecule has 0 bridgehead atoms. The van der Waals surface area contributed by atoms with Gasteiger partial charge in [0.25, 0.3) is 0 Å². The highest BCUT2D eigenvalue weighted by atomic mass is 16.3. The number of aliphatic hydroxyl groups is 1. The van der Waals surface area contributed by atoms with E-state index in [0.717, 1.165) is 6.29 Å². The number of aldehydes is 1. The Bertz CT molecular complexity index is 81.0. The lowest BCUT2D eigenvalue weighted by atomic mass is 9.95. The summed E-state index contributed by atoms with van der Waals surface area (Å²) in [5, 5.41) is 9.05. The van der Waals surface area contributed by atoms with E-state index in [1.165, 1.54) is 0 Å². The molecule has 0 aromatic carbocycles. The molecule has 1 N–H and O–H groups in total. The molecule has 0 fully saturated rings. The van der Waals surface area contributed by atoms with Gasteiger partial charge in [-0.15, -0.1) is 0 Å². The third kappa shape index (κ3) is 2.07.